The second-order valence-electron chi connectivity index (χ2n) is 6.89. The number of hydrogen-bond acceptors (Lipinski definition) is 3. The molecule has 5 heteroatoms. The summed E-state index contributed by atoms with van der Waals surface area (Å²) in [5.41, 5.74) is 2.68. The van der Waals surface area contributed by atoms with Gasteiger partial charge in [0.1, 0.15) is 0 Å². The van der Waals surface area contributed by atoms with Crippen molar-refractivity contribution in [1.29, 1.82) is 0 Å². The second-order valence-corrected chi connectivity index (χ2v) is 6.89. The Hall–Kier alpha value is -1.91. The summed E-state index contributed by atoms with van der Waals surface area (Å²) >= 11 is 0. The molecule has 4 rings (SSSR count). The highest BCUT2D eigenvalue weighted by Crippen LogP contribution is 2.43. The minimum Gasteiger partial charge on any atom is -0.481 e. The third-order valence-corrected chi connectivity index (χ3v) is 5.45. The summed E-state index contributed by atoms with van der Waals surface area (Å²) in [6.07, 6.45) is 6.40. The van der Waals surface area contributed by atoms with Crippen LogP contribution in [-0.4, -0.2) is 39.0 Å². The number of rotatable bonds is 3. The molecule has 2 bridgehead atoms. The highest BCUT2D eigenvalue weighted by atomic mass is 16.4. The van der Waals surface area contributed by atoms with Gasteiger partial charge in [-0.15, -0.1) is 0 Å². The first-order valence-corrected chi connectivity index (χ1v) is 8.08. The average molecular weight is 300 g/mol. The largest absolute Gasteiger partial charge is 0.481 e. The van der Waals surface area contributed by atoms with Gasteiger partial charge in [-0.3, -0.25) is 14.6 Å². The van der Waals surface area contributed by atoms with E-state index in [-0.39, 0.29) is 18.0 Å². The highest BCUT2D eigenvalue weighted by Gasteiger charge is 2.51. The predicted octanol–water partition coefficient (Wildman–Crippen LogP) is 2.35. The lowest BCUT2D eigenvalue weighted by Gasteiger charge is -2.24. The van der Waals surface area contributed by atoms with Gasteiger partial charge in [0.25, 0.3) is 5.91 Å². The molecule has 1 N–H and O–H groups in total. The topological polar surface area (TPSA) is 70.5 Å². The molecule has 116 valence electrons. The third kappa shape index (κ3) is 2.02. The number of pyridine rings is 1. The SMILES string of the molecule is Cc1cc(C2CC2)ncc1C(=O)N1[C@@H]2CC[C@H]1[C@H](C(=O)O)C2. The minimum absolute atomic E-state index is 0.0383. The number of hydrogen-bond donors (Lipinski definition) is 1. The number of carbonyl (C=O) groups is 2. The molecule has 2 saturated heterocycles. The summed E-state index contributed by atoms with van der Waals surface area (Å²) in [6.45, 7) is 1.95. The summed E-state index contributed by atoms with van der Waals surface area (Å²) in [5.74, 6) is -0.642. The highest BCUT2D eigenvalue weighted by molar-refractivity contribution is 5.96. The average Bonchev–Trinajstić information content (AvgIpc) is 3.18. The van der Waals surface area contributed by atoms with Crippen LogP contribution in [-0.2, 0) is 4.79 Å². The van der Waals surface area contributed by atoms with Crippen LogP contribution < -0.4 is 0 Å². The molecule has 0 radical (unpaired) electrons. The maximum Gasteiger partial charge on any atom is 0.308 e. The number of amides is 1. The lowest BCUT2D eigenvalue weighted by Crippen LogP contribution is -2.38. The summed E-state index contributed by atoms with van der Waals surface area (Å²) in [5, 5.41) is 9.31. The van der Waals surface area contributed by atoms with Gasteiger partial charge >= 0.3 is 5.97 Å². The van der Waals surface area contributed by atoms with Crippen molar-refractivity contribution < 1.29 is 14.7 Å². The summed E-state index contributed by atoms with van der Waals surface area (Å²) in [6, 6.07) is 1.97. The number of aliphatic carboxylic acids is 1. The first-order valence-electron chi connectivity index (χ1n) is 8.08. The van der Waals surface area contributed by atoms with Crippen LogP contribution in [0.2, 0.25) is 0 Å². The molecular weight excluding hydrogens is 280 g/mol. The van der Waals surface area contributed by atoms with Crippen molar-refractivity contribution in [3.63, 3.8) is 0 Å². The normalized spacial score (nSPS) is 29.9. The molecule has 3 aliphatic rings. The van der Waals surface area contributed by atoms with Gasteiger partial charge < -0.3 is 10.0 Å². The molecule has 3 fully saturated rings. The van der Waals surface area contributed by atoms with Crippen molar-refractivity contribution >= 4 is 11.9 Å². The molecule has 1 amide bonds. The van der Waals surface area contributed by atoms with E-state index in [1.807, 2.05) is 17.9 Å². The van der Waals surface area contributed by atoms with Crippen LogP contribution in [0.1, 0.15) is 59.6 Å². The number of nitrogens with zero attached hydrogens (tertiary/aromatic N) is 2. The Kier molecular flexibility index (Phi) is 2.99. The molecule has 0 unspecified atom stereocenters. The molecule has 5 nitrogen and oxygen atoms in total. The first-order chi connectivity index (χ1) is 10.6. The Balaban J connectivity index is 1.61. The van der Waals surface area contributed by atoms with Gasteiger partial charge in [0.2, 0.25) is 0 Å². The van der Waals surface area contributed by atoms with E-state index >= 15 is 0 Å². The van der Waals surface area contributed by atoms with Crippen molar-refractivity contribution in [2.45, 2.75) is 57.0 Å². The number of aromatic nitrogens is 1. The van der Waals surface area contributed by atoms with Crippen molar-refractivity contribution in [1.82, 2.24) is 9.88 Å². The van der Waals surface area contributed by atoms with Crippen LogP contribution in [0, 0.1) is 12.8 Å². The van der Waals surface area contributed by atoms with Crippen molar-refractivity contribution in [2.75, 3.05) is 0 Å². The maximum atomic E-state index is 12.9. The van der Waals surface area contributed by atoms with Crippen LogP contribution >= 0.6 is 0 Å². The zero-order valence-corrected chi connectivity index (χ0v) is 12.7. The Morgan fingerprint density at radius 1 is 1.27 bits per heavy atom. The number of carboxylic acids is 1. The van der Waals surface area contributed by atoms with E-state index in [1.54, 1.807) is 6.20 Å². The monoisotopic (exact) mass is 300 g/mol. The van der Waals surface area contributed by atoms with E-state index in [0.717, 1.165) is 24.1 Å². The fourth-order valence-electron chi connectivity index (χ4n) is 4.11. The molecule has 1 aromatic heterocycles. The lowest BCUT2D eigenvalue weighted by atomic mass is 9.89. The summed E-state index contributed by atoms with van der Waals surface area (Å²) in [4.78, 5) is 30.5. The number of aryl methyl sites for hydroxylation is 1. The van der Waals surface area contributed by atoms with E-state index in [1.165, 1.54) is 12.8 Å². The van der Waals surface area contributed by atoms with Crippen LogP contribution in [0.25, 0.3) is 0 Å². The van der Waals surface area contributed by atoms with E-state index in [2.05, 4.69) is 4.98 Å². The quantitative estimate of drug-likeness (QED) is 0.930. The molecule has 1 aromatic rings. The maximum absolute atomic E-state index is 12.9. The predicted molar refractivity (Wildman–Crippen MR) is 79.7 cm³/mol. The number of carboxylic acid groups (broad SMARTS) is 1. The van der Waals surface area contributed by atoms with Gasteiger partial charge in [0.05, 0.1) is 11.5 Å². The molecule has 3 heterocycles. The van der Waals surface area contributed by atoms with Crippen LogP contribution in [0.5, 0.6) is 0 Å². The Morgan fingerprint density at radius 2 is 2.05 bits per heavy atom. The van der Waals surface area contributed by atoms with Crippen molar-refractivity contribution in [3.05, 3.63) is 29.1 Å². The molecule has 1 aliphatic carbocycles. The smallest absolute Gasteiger partial charge is 0.308 e. The third-order valence-electron chi connectivity index (χ3n) is 5.45. The van der Waals surface area contributed by atoms with Gasteiger partial charge in [-0.25, -0.2) is 0 Å². The van der Waals surface area contributed by atoms with Gasteiger partial charge in [-0.05, 0) is 50.7 Å². The van der Waals surface area contributed by atoms with Crippen LogP contribution in [0.15, 0.2) is 12.3 Å². The van der Waals surface area contributed by atoms with Crippen LogP contribution in [0.3, 0.4) is 0 Å². The van der Waals surface area contributed by atoms with E-state index in [9.17, 15) is 14.7 Å². The Morgan fingerprint density at radius 3 is 2.64 bits per heavy atom. The summed E-state index contributed by atoms with van der Waals surface area (Å²) in [7, 11) is 0. The zero-order valence-electron chi connectivity index (χ0n) is 12.7. The second kappa shape index (κ2) is 4.80. The molecule has 0 aromatic carbocycles. The molecule has 0 spiro atoms. The molecule has 22 heavy (non-hydrogen) atoms. The number of fused-ring (bicyclic) bond motifs is 2. The molecular formula is C17H20N2O3. The van der Waals surface area contributed by atoms with E-state index < -0.39 is 11.9 Å². The van der Waals surface area contributed by atoms with E-state index in [0.29, 0.717) is 17.9 Å². The fourth-order valence-corrected chi connectivity index (χ4v) is 4.11. The minimum atomic E-state index is -0.774. The van der Waals surface area contributed by atoms with Gasteiger partial charge in [-0.1, -0.05) is 0 Å². The lowest BCUT2D eigenvalue weighted by molar-refractivity contribution is -0.142. The first kappa shape index (κ1) is 13.7. The van der Waals surface area contributed by atoms with Crippen molar-refractivity contribution in [2.24, 2.45) is 5.92 Å². The summed E-state index contributed by atoms with van der Waals surface area (Å²) < 4.78 is 0. The molecule has 3 atom stereocenters. The number of carbonyl (C=O) groups excluding carboxylic acids is 1. The van der Waals surface area contributed by atoms with Gasteiger partial charge in [0.15, 0.2) is 0 Å². The van der Waals surface area contributed by atoms with Crippen LogP contribution in [0.4, 0.5) is 0 Å². The Bertz CT molecular complexity index is 653. The van der Waals surface area contributed by atoms with Crippen molar-refractivity contribution in [3.8, 4) is 0 Å². The van der Waals surface area contributed by atoms with E-state index in [4.69, 9.17) is 0 Å². The molecule has 2 aliphatic heterocycles. The molecule has 1 saturated carbocycles. The standard InChI is InChI=1S/C17H20N2O3/c1-9-6-14(10-2-3-10)18-8-13(9)16(20)19-11-4-5-15(19)12(7-11)17(21)22/h6,8,10-12,15H,2-5,7H2,1H3,(H,21,22)/t11-,12-,15+/m1/s1. The zero-order chi connectivity index (χ0) is 15.4. The fraction of sp³-hybridized carbons (Fsp3) is 0.588. The van der Waals surface area contributed by atoms with Gasteiger partial charge in [-0.2, -0.15) is 0 Å². The Labute approximate surface area is 129 Å². The van der Waals surface area contributed by atoms with Gasteiger partial charge in [0, 0.05) is 29.9 Å².